The first-order chi connectivity index (χ1) is 8.06. The van der Waals surface area contributed by atoms with E-state index < -0.39 is 11.9 Å². The summed E-state index contributed by atoms with van der Waals surface area (Å²) in [6.07, 6.45) is 0.836. The molecule has 0 saturated carbocycles. The fourth-order valence-corrected chi connectivity index (χ4v) is 2.67. The molecule has 0 spiro atoms. The second kappa shape index (κ2) is 4.83. The molecular weight excluding hydrogens is 240 g/mol. The number of carboxylic acids is 1. The van der Waals surface area contributed by atoms with Gasteiger partial charge in [-0.15, -0.1) is 11.3 Å². The summed E-state index contributed by atoms with van der Waals surface area (Å²) in [5.41, 5.74) is 0.987. The van der Waals surface area contributed by atoms with Crippen LogP contribution >= 0.6 is 11.3 Å². The Labute approximate surface area is 103 Å². The molecule has 0 aromatic carbocycles. The maximum atomic E-state index is 11.6. The van der Waals surface area contributed by atoms with E-state index in [1.807, 2.05) is 12.3 Å². The summed E-state index contributed by atoms with van der Waals surface area (Å²) in [5, 5.41) is 11.8. The molecule has 1 amide bonds. The lowest BCUT2D eigenvalue weighted by molar-refractivity contribution is -0.141. The minimum Gasteiger partial charge on any atom is -0.481 e. The molecule has 1 saturated heterocycles. The predicted octanol–water partition coefficient (Wildman–Crippen LogP) is 0.927. The van der Waals surface area contributed by atoms with Gasteiger partial charge in [0.1, 0.15) is 0 Å². The van der Waals surface area contributed by atoms with Crippen LogP contribution in [0, 0.1) is 12.8 Å². The Morgan fingerprint density at radius 1 is 1.71 bits per heavy atom. The van der Waals surface area contributed by atoms with E-state index in [0.29, 0.717) is 19.5 Å². The fraction of sp³-hybridized carbons (Fsp3) is 0.545. The van der Waals surface area contributed by atoms with Crippen LogP contribution in [-0.2, 0) is 16.0 Å². The van der Waals surface area contributed by atoms with Crippen molar-refractivity contribution in [1.29, 1.82) is 0 Å². The summed E-state index contributed by atoms with van der Waals surface area (Å²) in [7, 11) is 0. The molecule has 1 N–H and O–H groups in total. The van der Waals surface area contributed by atoms with Gasteiger partial charge >= 0.3 is 5.97 Å². The summed E-state index contributed by atoms with van der Waals surface area (Å²) in [5.74, 6) is -1.49. The van der Waals surface area contributed by atoms with Crippen molar-refractivity contribution in [1.82, 2.24) is 9.88 Å². The van der Waals surface area contributed by atoms with E-state index in [9.17, 15) is 9.59 Å². The Bertz CT molecular complexity index is 444. The van der Waals surface area contributed by atoms with Crippen LogP contribution in [0.15, 0.2) is 5.38 Å². The maximum Gasteiger partial charge on any atom is 0.308 e. The first-order valence-electron chi connectivity index (χ1n) is 5.48. The number of carboxylic acid groups (broad SMARTS) is 1. The number of likely N-dealkylation sites (tertiary alicyclic amines) is 1. The molecule has 1 aromatic rings. The SMILES string of the molecule is Cc1csc(CCN2CC(C(=O)O)CC2=O)n1. The molecule has 5 nitrogen and oxygen atoms in total. The van der Waals surface area contributed by atoms with Gasteiger partial charge in [-0.1, -0.05) is 0 Å². The Balaban J connectivity index is 1.88. The quantitative estimate of drug-likeness (QED) is 0.867. The lowest BCUT2D eigenvalue weighted by Gasteiger charge is -2.14. The average molecular weight is 254 g/mol. The van der Waals surface area contributed by atoms with Gasteiger partial charge in [0, 0.05) is 37.0 Å². The van der Waals surface area contributed by atoms with Gasteiger partial charge in [0.25, 0.3) is 0 Å². The number of carbonyl (C=O) groups is 2. The highest BCUT2D eigenvalue weighted by Crippen LogP contribution is 2.19. The highest BCUT2D eigenvalue weighted by Gasteiger charge is 2.33. The van der Waals surface area contributed by atoms with Crippen LogP contribution in [0.2, 0.25) is 0 Å². The molecule has 0 bridgehead atoms. The van der Waals surface area contributed by atoms with Crippen molar-refractivity contribution in [2.45, 2.75) is 19.8 Å². The van der Waals surface area contributed by atoms with E-state index in [-0.39, 0.29) is 12.3 Å². The van der Waals surface area contributed by atoms with Crippen molar-refractivity contribution in [2.24, 2.45) is 5.92 Å². The number of carbonyl (C=O) groups excluding carboxylic acids is 1. The molecule has 6 heteroatoms. The maximum absolute atomic E-state index is 11.6. The summed E-state index contributed by atoms with van der Waals surface area (Å²) in [6, 6.07) is 0. The van der Waals surface area contributed by atoms with Gasteiger partial charge in [0.05, 0.1) is 10.9 Å². The van der Waals surface area contributed by atoms with Crippen LogP contribution in [0.25, 0.3) is 0 Å². The van der Waals surface area contributed by atoms with Crippen LogP contribution in [0.1, 0.15) is 17.1 Å². The molecule has 1 unspecified atom stereocenters. The minimum absolute atomic E-state index is 0.0642. The number of hydrogen-bond donors (Lipinski definition) is 1. The van der Waals surface area contributed by atoms with Crippen molar-refractivity contribution < 1.29 is 14.7 Å². The standard InChI is InChI=1S/C11H14N2O3S/c1-7-6-17-9(12-7)2-3-13-5-8(11(15)16)4-10(13)14/h6,8H,2-5H2,1H3,(H,15,16). The molecule has 1 aliphatic rings. The molecule has 2 heterocycles. The molecule has 1 aliphatic heterocycles. The number of nitrogens with zero attached hydrogens (tertiary/aromatic N) is 2. The number of thiazole rings is 1. The van der Waals surface area contributed by atoms with Gasteiger partial charge in [-0.3, -0.25) is 9.59 Å². The van der Waals surface area contributed by atoms with E-state index >= 15 is 0 Å². The zero-order chi connectivity index (χ0) is 12.4. The molecule has 92 valence electrons. The van der Waals surface area contributed by atoms with E-state index in [4.69, 9.17) is 5.11 Å². The number of amides is 1. The third-order valence-electron chi connectivity index (χ3n) is 2.83. The third kappa shape index (κ3) is 2.82. The van der Waals surface area contributed by atoms with E-state index in [1.165, 1.54) is 0 Å². The van der Waals surface area contributed by atoms with Crippen molar-refractivity contribution in [3.05, 3.63) is 16.1 Å². The van der Waals surface area contributed by atoms with Crippen molar-refractivity contribution in [3.8, 4) is 0 Å². The Morgan fingerprint density at radius 3 is 3.00 bits per heavy atom. The molecule has 0 radical (unpaired) electrons. The topological polar surface area (TPSA) is 70.5 Å². The largest absolute Gasteiger partial charge is 0.481 e. The van der Waals surface area contributed by atoms with Crippen LogP contribution in [0.5, 0.6) is 0 Å². The fourth-order valence-electron chi connectivity index (χ4n) is 1.90. The van der Waals surface area contributed by atoms with Crippen LogP contribution in [0.4, 0.5) is 0 Å². The molecule has 0 aliphatic carbocycles. The molecule has 17 heavy (non-hydrogen) atoms. The number of aryl methyl sites for hydroxylation is 1. The number of hydrogen-bond acceptors (Lipinski definition) is 4. The van der Waals surface area contributed by atoms with Crippen molar-refractivity contribution in [3.63, 3.8) is 0 Å². The van der Waals surface area contributed by atoms with Crippen LogP contribution < -0.4 is 0 Å². The Hall–Kier alpha value is -1.43. The zero-order valence-corrected chi connectivity index (χ0v) is 10.4. The summed E-state index contributed by atoms with van der Waals surface area (Å²) in [6.45, 7) is 2.83. The van der Waals surface area contributed by atoms with Gasteiger partial charge < -0.3 is 10.0 Å². The summed E-state index contributed by atoms with van der Waals surface area (Å²) >= 11 is 1.58. The van der Waals surface area contributed by atoms with E-state index in [0.717, 1.165) is 10.7 Å². The van der Waals surface area contributed by atoms with E-state index in [2.05, 4.69) is 4.98 Å². The molecule has 2 rings (SSSR count). The van der Waals surface area contributed by atoms with Crippen LogP contribution in [-0.4, -0.2) is 40.0 Å². The van der Waals surface area contributed by atoms with E-state index in [1.54, 1.807) is 16.2 Å². The molecule has 1 aromatic heterocycles. The number of aromatic nitrogens is 1. The first-order valence-corrected chi connectivity index (χ1v) is 6.36. The Kier molecular flexibility index (Phi) is 3.42. The highest BCUT2D eigenvalue weighted by atomic mass is 32.1. The molecule has 1 atom stereocenters. The second-order valence-electron chi connectivity index (χ2n) is 4.21. The highest BCUT2D eigenvalue weighted by molar-refractivity contribution is 7.09. The second-order valence-corrected chi connectivity index (χ2v) is 5.15. The van der Waals surface area contributed by atoms with Crippen molar-refractivity contribution >= 4 is 23.2 Å². The lowest BCUT2D eigenvalue weighted by atomic mass is 10.1. The van der Waals surface area contributed by atoms with Crippen molar-refractivity contribution in [2.75, 3.05) is 13.1 Å². The third-order valence-corrected chi connectivity index (χ3v) is 3.85. The number of rotatable bonds is 4. The van der Waals surface area contributed by atoms with Gasteiger partial charge in [-0.2, -0.15) is 0 Å². The van der Waals surface area contributed by atoms with Crippen LogP contribution in [0.3, 0.4) is 0 Å². The average Bonchev–Trinajstić information content (AvgIpc) is 2.82. The number of aliphatic carboxylic acids is 1. The zero-order valence-electron chi connectivity index (χ0n) is 9.55. The van der Waals surface area contributed by atoms with Gasteiger partial charge in [-0.05, 0) is 6.92 Å². The predicted molar refractivity (Wildman–Crippen MR) is 62.9 cm³/mol. The first kappa shape index (κ1) is 12.0. The van der Waals surface area contributed by atoms with Gasteiger partial charge in [-0.25, -0.2) is 4.98 Å². The lowest BCUT2D eigenvalue weighted by Crippen LogP contribution is -2.28. The Morgan fingerprint density at radius 2 is 2.47 bits per heavy atom. The molecular formula is C11H14N2O3S. The monoisotopic (exact) mass is 254 g/mol. The normalized spacial score (nSPS) is 19.9. The smallest absolute Gasteiger partial charge is 0.308 e. The summed E-state index contributed by atoms with van der Waals surface area (Å²) in [4.78, 5) is 28.3. The minimum atomic E-state index is -0.883. The molecule has 1 fully saturated rings. The summed E-state index contributed by atoms with van der Waals surface area (Å²) < 4.78 is 0. The van der Waals surface area contributed by atoms with Gasteiger partial charge in [0.2, 0.25) is 5.91 Å². The van der Waals surface area contributed by atoms with Gasteiger partial charge in [0.15, 0.2) is 0 Å².